The lowest BCUT2D eigenvalue weighted by atomic mass is 9.93. The van der Waals surface area contributed by atoms with Crippen molar-refractivity contribution >= 4 is 11.9 Å². The van der Waals surface area contributed by atoms with Gasteiger partial charge in [-0.25, -0.2) is 4.79 Å². The second kappa shape index (κ2) is 4.08. The normalized spacial score (nSPS) is 18.8. The molecule has 1 amide bonds. The van der Waals surface area contributed by atoms with Crippen molar-refractivity contribution < 1.29 is 19.4 Å². The summed E-state index contributed by atoms with van der Waals surface area (Å²) in [6, 6.07) is 4.33. The van der Waals surface area contributed by atoms with Gasteiger partial charge in [0.1, 0.15) is 11.8 Å². The highest BCUT2D eigenvalue weighted by molar-refractivity contribution is 6.00. The zero-order chi connectivity index (χ0) is 12.6. The molecule has 1 heterocycles. The van der Waals surface area contributed by atoms with E-state index in [1.807, 2.05) is 0 Å². The molecule has 0 bridgehead atoms. The maximum atomic E-state index is 12.0. The molecule has 0 aromatic heterocycles. The van der Waals surface area contributed by atoms with E-state index in [1.165, 1.54) is 19.1 Å². The van der Waals surface area contributed by atoms with E-state index >= 15 is 0 Å². The molecule has 0 spiro atoms. The van der Waals surface area contributed by atoms with Crippen LogP contribution in [0, 0.1) is 0 Å². The molecule has 1 N–H and O–H groups in total. The average molecular weight is 235 g/mol. The summed E-state index contributed by atoms with van der Waals surface area (Å²) in [5.74, 6) is -0.667. The Labute approximate surface area is 98.6 Å². The zero-order valence-corrected chi connectivity index (χ0v) is 9.64. The smallest absolute Gasteiger partial charge is 0.326 e. The quantitative estimate of drug-likeness (QED) is 0.822. The Kier molecular flexibility index (Phi) is 2.75. The molecule has 1 aromatic rings. The number of likely N-dealkylation sites (N-methyl/N-ethyl adjacent to an activating group) is 1. The number of carboxylic acid groups (broad SMARTS) is 1. The fraction of sp³-hybridized carbons (Fsp3) is 0.333. The number of rotatable bonds is 2. The molecule has 1 atom stereocenters. The minimum Gasteiger partial charge on any atom is -0.497 e. The number of hydrogen-bond acceptors (Lipinski definition) is 3. The molecule has 2 rings (SSSR count). The van der Waals surface area contributed by atoms with Crippen LogP contribution in [0.2, 0.25) is 0 Å². The highest BCUT2D eigenvalue weighted by atomic mass is 16.5. The standard InChI is InChI=1S/C12H13NO4/c1-13-10(12(15)16)5-7-3-4-8(17-2)6-9(7)11(13)14/h3-4,6,10H,5H2,1-2H3,(H,15,16). The molecule has 1 aliphatic rings. The number of fused-ring (bicyclic) bond motifs is 1. The first-order valence-electron chi connectivity index (χ1n) is 5.21. The summed E-state index contributed by atoms with van der Waals surface area (Å²) in [6.45, 7) is 0. The Balaban J connectivity index is 2.45. The molecule has 1 aromatic carbocycles. The molecule has 5 nitrogen and oxygen atoms in total. The minimum atomic E-state index is -0.984. The van der Waals surface area contributed by atoms with E-state index in [-0.39, 0.29) is 5.91 Å². The largest absolute Gasteiger partial charge is 0.497 e. The summed E-state index contributed by atoms with van der Waals surface area (Å²) in [4.78, 5) is 24.3. The summed E-state index contributed by atoms with van der Waals surface area (Å²) < 4.78 is 5.05. The lowest BCUT2D eigenvalue weighted by Crippen LogP contribution is -2.47. The summed E-state index contributed by atoms with van der Waals surface area (Å²) in [5, 5.41) is 9.03. The molecule has 0 aliphatic carbocycles. The summed E-state index contributed by atoms with van der Waals surface area (Å²) in [5.41, 5.74) is 1.27. The van der Waals surface area contributed by atoms with Crippen molar-refractivity contribution in [1.29, 1.82) is 0 Å². The van der Waals surface area contributed by atoms with Gasteiger partial charge in [-0.2, -0.15) is 0 Å². The fourth-order valence-electron chi connectivity index (χ4n) is 1.99. The van der Waals surface area contributed by atoms with Gasteiger partial charge in [0.2, 0.25) is 0 Å². The Hall–Kier alpha value is -2.04. The molecule has 17 heavy (non-hydrogen) atoms. The summed E-state index contributed by atoms with van der Waals surface area (Å²) in [7, 11) is 3.03. The maximum Gasteiger partial charge on any atom is 0.326 e. The van der Waals surface area contributed by atoms with Crippen LogP contribution in [0.25, 0.3) is 0 Å². The van der Waals surface area contributed by atoms with Gasteiger partial charge in [0.25, 0.3) is 5.91 Å². The molecule has 5 heteroatoms. The van der Waals surface area contributed by atoms with E-state index in [4.69, 9.17) is 9.84 Å². The second-order valence-electron chi connectivity index (χ2n) is 4.00. The molecule has 0 radical (unpaired) electrons. The van der Waals surface area contributed by atoms with Crippen LogP contribution in [0.5, 0.6) is 5.75 Å². The predicted octanol–water partition coefficient (Wildman–Crippen LogP) is 0.776. The number of nitrogens with zero attached hydrogens (tertiary/aromatic N) is 1. The minimum absolute atomic E-state index is 0.280. The molecule has 90 valence electrons. The fourth-order valence-corrected chi connectivity index (χ4v) is 1.99. The lowest BCUT2D eigenvalue weighted by molar-refractivity contribution is -0.142. The number of carbonyl (C=O) groups excluding carboxylic acids is 1. The highest BCUT2D eigenvalue weighted by Crippen LogP contribution is 2.26. The first kappa shape index (κ1) is 11.4. The van der Waals surface area contributed by atoms with Crippen LogP contribution in [-0.2, 0) is 11.2 Å². The monoisotopic (exact) mass is 235 g/mol. The van der Waals surface area contributed by atoms with Crippen molar-refractivity contribution in [2.24, 2.45) is 0 Å². The van der Waals surface area contributed by atoms with Gasteiger partial charge < -0.3 is 14.7 Å². The van der Waals surface area contributed by atoms with E-state index in [2.05, 4.69) is 0 Å². The third-order valence-corrected chi connectivity index (χ3v) is 3.03. The van der Waals surface area contributed by atoms with Gasteiger partial charge >= 0.3 is 5.97 Å². The first-order chi connectivity index (χ1) is 8.04. The highest BCUT2D eigenvalue weighted by Gasteiger charge is 2.34. The van der Waals surface area contributed by atoms with Gasteiger partial charge in [0.15, 0.2) is 0 Å². The third-order valence-electron chi connectivity index (χ3n) is 3.03. The van der Waals surface area contributed by atoms with Crippen LogP contribution >= 0.6 is 0 Å². The van der Waals surface area contributed by atoms with Gasteiger partial charge in [-0.15, -0.1) is 0 Å². The molecular weight excluding hydrogens is 222 g/mol. The van der Waals surface area contributed by atoms with E-state index in [1.54, 1.807) is 18.2 Å². The van der Waals surface area contributed by atoms with Crippen molar-refractivity contribution in [3.8, 4) is 5.75 Å². The number of benzene rings is 1. The second-order valence-corrected chi connectivity index (χ2v) is 4.00. The summed E-state index contributed by atoms with van der Waals surface area (Å²) >= 11 is 0. The van der Waals surface area contributed by atoms with E-state index in [0.717, 1.165) is 5.56 Å². The van der Waals surface area contributed by atoms with Crippen molar-refractivity contribution in [3.05, 3.63) is 29.3 Å². The molecule has 0 saturated carbocycles. The van der Waals surface area contributed by atoms with Gasteiger partial charge in [-0.05, 0) is 17.7 Å². The Morgan fingerprint density at radius 1 is 1.53 bits per heavy atom. The first-order valence-corrected chi connectivity index (χ1v) is 5.21. The van der Waals surface area contributed by atoms with Crippen LogP contribution in [0.1, 0.15) is 15.9 Å². The van der Waals surface area contributed by atoms with Crippen molar-refractivity contribution in [2.75, 3.05) is 14.2 Å². The van der Waals surface area contributed by atoms with E-state index in [9.17, 15) is 9.59 Å². The SMILES string of the molecule is COc1ccc2c(c1)C(=O)N(C)C(C(=O)O)C2. The van der Waals surface area contributed by atoms with Gasteiger partial charge in [0.05, 0.1) is 7.11 Å². The van der Waals surface area contributed by atoms with Crippen LogP contribution in [0.15, 0.2) is 18.2 Å². The Morgan fingerprint density at radius 2 is 2.24 bits per heavy atom. The van der Waals surface area contributed by atoms with Gasteiger partial charge in [-0.1, -0.05) is 6.07 Å². The van der Waals surface area contributed by atoms with Crippen molar-refractivity contribution in [3.63, 3.8) is 0 Å². The average Bonchev–Trinajstić information content (AvgIpc) is 2.33. The number of methoxy groups -OCH3 is 1. The number of carbonyl (C=O) groups is 2. The number of amides is 1. The predicted molar refractivity (Wildman–Crippen MR) is 60.2 cm³/mol. The number of hydrogen-bond donors (Lipinski definition) is 1. The zero-order valence-electron chi connectivity index (χ0n) is 9.64. The Bertz CT molecular complexity index is 483. The number of ether oxygens (including phenoxy) is 1. The lowest BCUT2D eigenvalue weighted by Gasteiger charge is -2.31. The van der Waals surface area contributed by atoms with Crippen LogP contribution in [0.3, 0.4) is 0 Å². The number of carboxylic acids is 1. The molecule has 1 unspecified atom stereocenters. The van der Waals surface area contributed by atoms with E-state index < -0.39 is 12.0 Å². The molecule has 1 aliphatic heterocycles. The van der Waals surface area contributed by atoms with Crippen LogP contribution in [0.4, 0.5) is 0 Å². The van der Waals surface area contributed by atoms with Crippen molar-refractivity contribution in [1.82, 2.24) is 4.90 Å². The number of aliphatic carboxylic acids is 1. The Morgan fingerprint density at radius 3 is 2.82 bits per heavy atom. The molecule has 0 fully saturated rings. The van der Waals surface area contributed by atoms with Crippen molar-refractivity contribution in [2.45, 2.75) is 12.5 Å². The molecular formula is C12H13NO4. The van der Waals surface area contributed by atoms with Crippen LogP contribution in [-0.4, -0.2) is 42.1 Å². The topological polar surface area (TPSA) is 66.8 Å². The maximum absolute atomic E-state index is 12.0. The van der Waals surface area contributed by atoms with E-state index in [0.29, 0.717) is 17.7 Å². The van der Waals surface area contributed by atoms with Crippen LogP contribution < -0.4 is 4.74 Å². The third kappa shape index (κ3) is 1.84. The van der Waals surface area contributed by atoms with Gasteiger partial charge in [-0.3, -0.25) is 4.79 Å². The van der Waals surface area contributed by atoms with Gasteiger partial charge in [0, 0.05) is 19.0 Å². The molecule has 0 saturated heterocycles. The summed E-state index contributed by atoms with van der Waals surface area (Å²) in [6.07, 6.45) is 0.330.